The molecule has 150 valence electrons. The van der Waals surface area contributed by atoms with Gasteiger partial charge in [-0.15, -0.1) is 0 Å². The van der Waals surface area contributed by atoms with Gasteiger partial charge in [-0.2, -0.15) is 0 Å². The van der Waals surface area contributed by atoms with Crippen LogP contribution in [0.1, 0.15) is 30.9 Å². The second-order valence-corrected chi connectivity index (χ2v) is 9.49. The normalized spacial score (nSPS) is 18.0. The van der Waals surface area contributed by atoms with Crippen LogP contribution in [0.3, 0.4) is 0 Å². The number of sulfonamides is 1. The molecule has 1 amide bonds. The summed E-state index contributed by atoms with van der Waals surface area (Å²) < 4.78 is 27.1. The summed E-state index contributed by atoms with van der Waals surface area (Å²) >= 11 is 5.87. The van der Waals surface area contributed by atoms with Gasteiger partial charge in [-0.1, -0.05) is 48.9 Å². The summed E-state index contributed by atoms with van der Waals surface area (Å²) in [7, 11) is -3.49. The summed E-state index contributed by atoms with van der Waals surface area (Å²) in [6.45, 7) is 2.71. The molecule has 7 heteroatoms. The predicted octanol–water partition coefficient (Wildman–Crippen LogP) is 4.08. The average Bonchev–Trinajstić information content (AvgIpc) is 2.70. The van der Waals surface area contributed by atoms with Crippen molar-refractivity contribution in [1.82, 2.24) is 4.31 Å². The van der Waals surface area contributed by atoms with Gasteiger partial charge in [0, 0.05) is 23.8 Å². The summed E-state index contributed by atoms with van der Waals surface area (Å²) in [5, 5.41) is 3.56. The SMILES string of the molecule is CCc1ccccc1NC(=O)[C@@H]1CCCN(S(=O)(=O)Cc2ccc(Cl)cc2)C1. The zero-order chi connectivity index (χ0) is 20.1. The fourth-order valence-electron chi connectivity index (χ4n) is 3.48. The Kier molecular flexibility index (Phi) is 6.75. The fraction of sp³-hybridized carbons (Fsp3) is 0.381. The van der Waals surface area contributed by atoms with E-state index in [1.165, 1.54) is 4.31 Å². The van der Waals surface area contributed by atoms with Gasteiger partial charge >= 0.3 is 0 Å². The summed E-state index contributed by atoms with van der Waals surface area (Å²) in [5.41, 5.74) is 2.56. The second kappa shape index (κ2) is 9.07. The third-order valence-corrected chi connectivity index (χ3v) is 7.14. The topological polar surface area (TPSA) is 66.5 Å². The first-order valence-corrected chi connectivity index (χ1v) is 11.5. The Balaban J connectivity index is 1.67. The zero-order valence-corrected chi connectivity index (χ0v) is 17.5. The number of halogens is 1. The fourth-order valence-corrected chi connectivity index (χ4v) is 5.21. The van der Waals surface area contributed by atoms with Crippen molar-refractivity contribution in [1.29, 1.82) is 0 Å². The number of aryl methyl sites for hydroxylation is 1. The monoisotopic (exact) mass is 420 g/mol. The maximum Gasteiger partial charge on any atom is 0.228 e. The van der Waals surface area contributed by atoms with Crippen molar-refractivity contribution in [3.8, 4) is 0 Å². The number of para-hydroxylation sites is 1. The highest BCUT2D eigenvalue weighted by molar-refractivity contribution is 7.88. The first kappa shape index (κ1) is 20.8. The largest absolute Gasteiger partial charge is 0.326 e. The molecule has 1 heterocycles. The van der Waals surface area contributed by atoms with Gasteiger partial charge in [-0.3, -0.25) is 4.79 Å². The van der Waals surface area contributed by atoms with E-state index < -0.39 is 10.0 Å². The minimum atomic E-state index is -3.49. The maximum atomic E-state index is 12.8. The molecular formula is C21H25ClN2O3S. The molecule has 0 unspecified atom stereocenters. The van der Waals surface area contributed by atoms with Gasteiger partial charge in [0.05, 0.1) is 11.7 Å². The first-order valence-electron chi connectivity index (χ1n) is 9.50. The Bertz CT molecular complexity index is 929. The van der Waals surface area contributed by atoms with Crippen LogP contribution in [-0.4, -0.2) is 31.7 Å². The van der Waals surface area contributed by atoms with E-state index in [4.69, 9.17) is 11.6 Å². The van der Waals surface area contributed by atoms with E-state index in [9.17, 15) is 13.2 Å². The number of benzene rings is 2. The quantitative estimate of drug-likeness (QED) is 0.765. The lowest BCUT2D eigenvalue weighted by Crippen LogP contribution is -2.44. The molecule has 1 N–H and O–H groups in total. The van der Waals surface area contributed by atoms with Crippen molar-refractivity contribution in [2.45, 2.75) is 31.9 Å². The van der Waals surface area contributed by atoms with E-state index in [1.807, 2.05) is 31.2 Å². The molecule has 0 bridgehead atoms. The molecule has 5 nitrogen and oxygen atoms in total. The maximum absolute atomic E-state index is 12.8. The third kappa shape index (κ3) is 5.13. The van der Waals surface area contributed by atoms with Gasteiger partial charge < -0.3 is 5.32 Å². The number of hydrogen-bond acceptors (Lipinski definition) is 3. The van der Waals surface area contributed by atoms with Gasteiger partial charge in [0.1, 0.15) is 0 Å². The highest BCUT2D eigenvalue weighted by atomic mass is 35.5. The van der Waals surface area contributed by atoms with Crippen LogP contribution in [-0.2, 0) is 27.0 Å². The molecule has 0 saturated carbocycles. The van der Waals surface area contributed by atoms with Crippen molar-refractivity contribution in [2.75, 3.05) is 18.4 Å². The molecule has 0 aliphatic carbocycles. The number of anilines is 1. The average molecular weight is 421 g/mol. The van der Waals surface area contributed by atoms with Crippen molar-refractivity contribution in [3.63, 3.8) is 0 Å². The van der Waals surface area contributed by atoms with Crippen LogP contribution in [0.25, 0.3) is 0 Å². The molecule has 1 fully saturated rings. The number of rotatable bonds is 6. The molecule has 28 heavy (non-hydrogen) atoms. The summed E-state index contributed by atoms with van der Waals surface area (Å²) in [5.74, 6) is -0.553. The molecule has 3 rings (SSSR count). The van der Waals surface area contributed by atoms with Crippen LogP contribution < -0.4 is 5.32 Å². The van der Waals surface area contributed by atoms with Crippen LogP contribution in [0.5, 0.6) is 0 Å². The van der Waals surface area contributed by atoms with Gasteiger partial charge in [-0.25, -0.2) is 12.7 Å². The highest BCUT2D eigenvalue weighted by Crippen LogP contribution is 2.24. The molecule has 1 atom stereocenters. The molecule has 1 saturated heterocycles. The van der Waals surface area contributed by atoms with E-state index in [-0.39, 0.29) is 24.1 Å². The number of nitrogens with one attached hydrogen (secondary N) is 1. The van der Waals surface area contributed by atoms with Gasteiger partial charge in [-0.05, 0) is 48.6 Å². The Morgan fingerprint density at radius 2 is 1.89 bits per heavy atom. The molecule has 1 aliphatic heterocycles. The van der Waals surface area contributed by atoms with Crippen LogP contribution >= 0.6 is 11.6 Å². The smallest absolute Gasteiger partial charge is 0.228 e. The zero-order valence-electron chi connectivity index (χ0n) is 15.9. The number of piperidine rings is 1. The predicted molar refractivity (Wildman–Crippen MR) is 113 cm³/mol. The molecule has 2 aromatic carbocycles. The van der Waals surface area contributed by atoms with Crippen LogP contribution in [0, 0.1) is 5.92 Å². The lowest BCUT2D eigenvalue weighted by molar-refractivity contribution is -0.120. The molecule has 2 aromatic rings. The van der Waals surface area contributed by atoms with E-state index in [0.29, 0.717) is 30.0 Å². The number of hydrogen-bond donors (Lipinski definition) is 1. The molecule has 0 spiro atoms. The summed E-state index contributed by atoms with van der Waals surface area (Å²) in [6.07, 6.45) is 2.18. The first-order chi connectivity index (χ1) is 13.4. The molecule has 0 aromatic heterocycles. The van der Waals surface area contributed by atoms with Crippen molar-refractivity contribution < 1.29 is 13.2 Å². The van der Waals surface area contributed by atoms with Gasteiger partial charge in [0.2, 0.25) is 15.9 Å². The lowest BCUT2D eigenvalue weighted by Gasteiger charge is -2.31. The van der Waals surface area contributed by atoms with Crippen LogP contribution in [0.4, 0.5) is 5.69 Å². The standard InChI is InChI=1S/C21H25ClN2O3S/c1-2-17-6-3-4-8-20(17)23-21(25)18-7-5-13-24(14-18)28(26,27)15-16-9-11-19(22)12-10-16/h3-4,6,8-12,18H,2,5,7,13-15H2,1H3,(H,23,25)/t18-/m1/s1. The van der Waals surface area contributed by atoms with E-state index in [0.717, 1.165) is 17.7 Å². The second-order valence-electron chi connectivity index (χ2n) is 7.08. The van der Waals surface area contributed by atoms with E-state index >= 15 is 0 Å². The van der Waals surface area contributed by atoms with E-state index in [1.54, 1.807) is 24.3 Å². The minimum absolute atomic E-state index is 0.0861. The lowest BCUT2D eigenvalue weighted by atomic mass is 9.98. The summed E-state index contributed by atoms with van der Waals surface area (Å²) in [4.78, 5) is 12.8. The minimum Gasteiger partial charge on any atom is -0.326 e. The van der Waals surface area contributed by atoms with Gasteiger partial charge in [0.25, 0.3) is 0 Å². The highest BCUT2D eigenvalue weighted by Gasteiger charge is 2.32. The van der Waals surface area contributed by atoms with Crippen molar-refractivity contribution in [3.05, 3.63) is 64.7 Å². The number of nitrogens with zero attached hydrogens (tertiary/aromatic N) is 1. The molecule has 1 aliphatic rings. The van der Waals surface area contributed by atoms with E-state index in [2.05, 4.69) is 5.32 Å². The third-order valence-electron chi connectivity index (χ3n) is 5.07. The van der Waals surface area contributed by atoms with Gasteiger partial charge in [0.15, 0.2) is 0 Å². The molecular weight excluding hydrogens is 396 g/mol. The molecule has 0 radical (unpaired) electrons. The van der Waals surface area contributed by atoms with Crippen molar-refractivity contribution >= 4 is 33.2 Å². The summed E-state index contributed by atoms with van der Waals surface area (Å²) in [6, 6.07) is 14.5. The number of carbonyl (C=O) groups excluding carboxylic acids is 1. The number of carbonyl (C=O) groups is 1. The van der Waals surface area contributed by atoms with Crippen LogP contribution in [0.2, 0.25) is 5.02 Å². The Labute approximate surface area is 171 Å². The van der Waals surface area contributed by atoms with Crippen LogP contribution in [0.15, 0.2) is 48.5 Å². The Morgan fingerprint density at radius 3 is 2.61 bits per heavy atom. The Hall–Kier alpha value is -1.89. The Morgan fingerprint density at radius 1 is 1.18 bits per heavy atom. The van der Waals surface area contributed by atoms with Crippen molar-refractivity contribution in [2.24, 2.45) is 5.92 Å². The number of amides is 1.